The summed E-state index contributed by atoms with van der Waals surface area (Å²) < 4.78 is 16.6. The first-order chi connectivity index (χ1) is 27.5. The van der Waals surface area contributed by atoms with Crippen LogP contribution in [0.15, 0.2) is 36.5 Å². The van der Waals surface area contributed by atoms with E-state index in [2.05, 4.69) is 57.2 Å². The van der Waals surface area contributed by atoms with Crippen LogP contribution in [0.25, 0.3) is 0 Å². The third kappa shape index (κ3) is 42.8. The van der Waals surface area contributed by atoms with Crippen molar-refractivity contribution >= 4 is 17.9 Å². The van der Waals surface area contributed by atoms with Gasteiger partial charge in [-0.1, -0.05) is 186 Å². The van der Waals surface area contributed by atoms with E-state index in [9.17, 15) is 14.4 Å². The molecule has 0 radical (unpaired) electrons. The number of hydrogen-bond donors (Lipinski definition) is 0. The predicted molar refractivity (Wildman–Crippen MR) is 238 cm³/mol. The summed E-state index contributed by atoms with van der Waals surface area (Å²) in [5, 5.41) is 0. The standard InChI is InChI=1S/C50H90O6/c1-4-7-10-13-16-18-20-22-24-26-28-30-32-34-37-40-43-49(52)55-46-47(45-54-48(51)42-39-36-15-12-9-6-3)56-50(53)44-41-38-35-33-31-29-27-25-23-21-19-17-14-11-8-5-2/h18,20,24-27,47H,4-17,19,21-23,28-46H2,1-3H3/b20-18-,26-24-,27-25-. The first kappa shape index (κ1) is 53.6. The Balaban J connectivity index is 4.28. The van der Waals surface area contributed by atoms with Gasteiger partial charge in [-0.05, 0) is 77.0 Å². The lowest BCUT2D eigenvalue weighted by molar-refractivity contribution is -0.167. The van der Waals surface area contributed by atoms with Gasteiger partial charge in [0, 0.05) is 19.3 Å². The molecule has 0 aliphatic carbocycles. The van der Waals surface area contributed by atoms with Crippen LogP contribution >= 0.6 is 0 Å². The highest BCUT2D eigenvalue weighted by atomic mass is 16.6. The zero-order valence-electron chi connectivity index (χ0n) is 37.2. The minimum atomic E-state index is -0.776. The summed E-state index contributed by atoms with van der Waals surface area (Å²) in [6.07, 6.45) is 51.4. The molecule has 0 aliphatic heterocycles. The molecule has 0 saturated carbocycles. The molecule has 1 atom stereocenters. The van der Waals surface area contributed by atoms with E-state index in [0.717, 1.165) is 83.5 Å². The zero-order chi connectivity index (χ0) is 40.8. The van der Waals surface area contributed by atoms with Crippen molar-refractivity contribution in [3.63, 3.8) is 0 Å². The Morgan fingerprint density at radius 1 is 0.357 bits per heavy atom. The van der Waals surface area contributed by atoms with Gasteiger partial charge >= 0.3 is 17.9 Å². The van der Waals surface area contributed by atoms with Gasteiger partial charge in [-0.15, -0.1) is 0 Å². The molecule has 0 rings (SSSR count). The molecule has 0 fully saturated rings. The maximum Gasteiger partial charge on any atom is 0.306 e. The molecular weight excluding hydrogens is 697 g/mol. The maximum atomic E-state index is 12.7. The monoisotopic (exact) mass is 787 g/mol. The lowest BCUT2D eigenvalue weighted by atomic mass is 10.1. The van der Waals surface area contributed by atoms with Gasteiger partial charge in [-0.25, -0.2) is 0 Å². The SMILES string of the molecule is CCCCCC/C=C\C/C=C\CCCCCCCC(=O)OCC(COC(=O)CCCCCCCC)OC(=O)CCCCCCC/C=C\CCCCCCCCC. The minimum Gasteiger partial charge on any atom is -0.462 e. The Kier molecular flexibility index (Phi) is 43.4. The van der Waals surface area contributed by atoms with Crippen LogP contribution in [-0.4, -0.2) is 37.2 Å². The Labute approximate surface area is 346 Å². The number of ether oxygens (including phenoxy) is 3. The highest BCUT2D eigenvalue weighted by molar-refractivity contribution is 5.71. The number of esters is 3. The van der Waals surface area contributed by atoms with Gasteiger partial charge in [0.25, 0.3) is 0 Å². The molecule has 1 unspecified atom stereocenters. The summed E-state index contributed by atoms with van der Waals surface area (Å²) in [5.74, 6) is -0.907. The van der Waals surface area contributed by atoms with Crippen LogP contribution in [0, 0.1) is 0 Å². The molecule has 0 aromatic heterocycles. The molecule has 0 saturated heterocycles. The minimum absolute atomic E-state index is 0.0794. The van der Waals surface area contributed by atoms with Crippen molar-refractivity contribution in [3.05, 3.63) is 36.5 Å². The van der Waals surface area contributed by atoms with Crippen LogP contribution in [0.1, 0.15) is 245 Å². The molecule has 0 spiro atoms. The number of rotatable bonds is 43. The number of allylic oxidation sites excluding steroid dienone is 6. The van der Waals surface area contributed by atoms with Crippen LogP contribution in [0.5, 0.6) is 0 Å². The molecule has 326 valence electrons. The normalized spacial score (nSPS) is 12.3. The second-order valence-corrected chi connectivity index (χ2v) is 16.0. The van der Waals surface area contributed by atoms with E-state index in [1.54, 1.807) is 0 Å². The van der Waals surface area contributed by atoms with Crippen molar-refractivity contribution in [2.75, 3.05) is 13.2 Å². The Hall–Kier alpha value is -2.37. The molecular formula is C50H90O6. The van der Waals surface area contributed by atoms with Crippen LogP contribution in [0.4, 0.5) is 0 Å². The molecule has 6 nitrogen and oxygen atoms in total. The number of carbonyl (C=O) groups is 3. The molecule has 0 aliphatic rings. The summed E-state index contributed by atoms with van der Waals surface area (Å²) in [6, 6.07) is 0. The largest absolute Gasteiger partial charge is 0.462 e. The third-order valence-electron chi connectivity index (χ3n) is 10.4. The molecule has 0 N–H and O–H groups in total. The molecule has 0 amide bonds. The zero-order valence-corrected chi connectivity index (χ0v) is 37.2. The van der Waals surface area contributed by atoms with Crippen molar-refractivity contribution < 1.29 is 28.6 Å². The highest BCUT2D eigenvalue weighted by Gasteiger charge is 2.19. The van der Waals surface area contributed by atoms with E-state index in [0.29, 0.717) is 19.3 Å². The average molecular weight is 787 g/mol. The van der Waals surface area contributed by atoms with Crippen LogP contribution in [-0.2, 0) is 28.6 Å². The number of hydrogen-bond acceptors (Lipinski definition) is 6. The van der Waals surface area contributed by atoms with E-state index < -0.39 is 6.10 Å². The van der Waals surface area contributed by atoms with Crippen LogP contribution in [0.2, 0.25) is 0 Å². The molecule has 0 aromatic rings. The molecule has 0 bridgehead atoms. The van der Waals surface area contributed by atoms with Crippen molar-refractivity contribution in [1.29, 1.82) is 0 Å². The molecule has 0 heterocycles. The maximum absolute atomic E-state index is 12.7. The fraction of sp³-hybridized carbons (Fsp3) is 0.820. The van der Waals surface area contributed by atoms with Crippen LogP contribution in [0.3, 0.4) is 0 Å². The third-order valence-corrected chi connectivity index (χ3v) is 10.4. The quantitative estimate of drug-likeness (QED) is 0.0265. The molecule has 56 heavy (non-hydrogen) atoms. The van der Waals surface area contributed by atoms with Crippen LogP contribution < -0.4 is 0 Å². The van der Waals surface area contributed by atoms with E-state index in [-0.39, 0.29) is 31.1 Å². The van der Waals surface area contributed by atoms with E-state index in [4.69, 9.17) is 14.2 Å². The lowest BCUT2D eigenvalue weighted by Gasteiger charge is -2.18. The summed E-state index contributed by atoms with van der Waals surface area (Å²) >= 11 is 0. The van der Waals surface area contributed by atoms with E-state index in [1.807, 2.05) is 0 Å². The second kappa shape index (κ2) is 45.3. The molecule has 0 aromatic carbocycles. The highest BCUT2D eigenvalue weighted by Crippen LogP contribution is 2.14. The van der Waals surface area contributed by atoms with Gasteiger partial charge in [-0.3, -0.25) is 14.4 Å². The van der Waals surface area contributed by atoms with Gasteiger partial charge in [0.1, 0.15) is 13.2 Å². The first-order valence-corrected chi connectivity index (χ1v) is 24.0. The average Bonchev–Trinajstić information content (AvgIpc) is 3.19. The van der Waals surface area contributed by atoms with Crippen molar-refractivity contribution in [3.8, 4) is 0 Å². The Bertz CT molecular complexity index is 953. The number of unbranched alkanes of at least 4 members (excludes halogenated alkanes) is 26. The fourth-order valence-corrected chi connectivity index (χ4v) is 6.70. The Morgan fingerprint density at radius 3 is 1.02 bits per heavy atom. The fourth-order valence-electron chi connectivity index (χ4n) is 6.70. The second-order valence-electron chi connectivity index (χ2n) is 16.0. The van der Waals surface area contributed by atoms with Crippen molar-refractivity contribution in [2.24, 2.45) is 0 Å². The van der Waals surface area contributed by atoms with Gasteiger partial charge in [-0.2, -0.15) is 0 Å². The summed E-state index contributed by atoms with van der Waals surface area (Å²) in [7, 11) is 0. The smallest absolute Gasteiger partial charge is 0.306 e. The van der Waals surface area contributed by atoms with Gasteiger partial charge in [0.2, 0.25) is 0 Å². The van der Waals surface area contributed by atoms with Crippen molar-refractivity contribution in [2.45, 2.75) is 252 Å². The van der Waals surface area contributed by atoms with E-state index in [1.165, 1.54) is 122 Å². The topological polar surface area (TPSA) is 78.9 Å². The number of carbonyl (C=O) groups excluding carboxylic acids is 3. The first-order valence-electron chi connectivity index (χ1n) is 24.0. The summed E-state index contributed by atoms with van der Waals surface area (Å²) in [4.78, 5) is 37.6. The molecule has 6 heteroatoms. The lowest BCUT2D eigenvalue weighted by Crippen LogP contribution is -2.30. The van der Waals surface area contributed by atoms with Gasteiger partial charge in [0.15, 0.2) is 6.10 Å². The predicted octanol–water partition coefficient (Wildman–Crippen LogP) is 15.4. The summed E-state index contributed by atoms with van der Waals surface area (Å²) in [5.41, 5.74) is 0. The van der Waals surface area contributed by atoms with Crippen molar-refractivity contribution in [1.82, 2.24) is 0 Å². The van der Waals surface area contributed by atoms with E-state index >= 15 is 0 Å². The van der Waals surface area contributed by atoms with Gasteiger partial charge in [0.05, 0.1) is 0 Å². The van der Waals surface area contributed by atoms with Gasteiger partial charge < -0.3 is 14.2 Å². The summed E-state index contributed by atoms with van der Waals surface area (Å²) in [6.45, 7) is 6.54. The Morgan fingerprint density at radius 2 is 0.643 bits per heavy atom.